The van der Waals surface area contributed by atoms with Crippen molar-refractivity contribution in [1.82, 2.24) is 0 Å². The van der Waals surface area contributed by atoms with Crippen LogP contribution in [-0.4, -0.2) is 11.7 Å². The highest BCUT2D eigenvalue weighted by atomic mass is 16.1. The summed E-state index contributed by atoms with van der Waals surface area (Å²) >= 11 is 0. The molecule has 6 nitrogen and oxygen atoms in total. The van der Waals surface area contributed by atoms with E-state index in [0.717, 1.165) is 10.6 Å². The lowest BCUT2D eigenvalue weighted by molar-refractivity contribution is 0.1000. The van der Waals surface area contributed by atoms with E-state index in [0.29, 0.717) is 17.1 Å². The fourth-order valence-electron chi connectivity index (χ4n) is 1.54. The van der Waals surface area contributed by atoms with Crippen LogP contribution in [0.15, 0.2) is 38.6 Å². The van der Waals surface area contributed by atoms with Gasteiger partial charge < -0.3 is 5.73 Å². The molecule has 0 saturated carbocycles. The van der Waals surface area contributed by atoms with Crippen molar-refractivity contribution in [2.75, 3.05) is 0 Å². The van der Waals surface area contributed by atoms with E-state index < -0.39 is 5.91 Å². The summed E-state index contributed by atoms with van der Waals surface area (Å²) in [6.45, 7) is 0. The zero-order valence-corrected chi connectivity index (χ0v) is 7.51. The van der Waals surface area contributed by atoms with Crippen LogP contribution in [0.2, 0.25) is 0 Å². The highest BCUT2D eigenvalue weighted by molar-refractivity contribution is 6.19. The molecule has 0 unspecified atom stereocenters. The van der Waals surface area contributed by atoms with Gasteiger partial charge in [0, 0.05) is 10.8 Å². The van der Waals surface area contributed by atoms with Crippen LogP contribution >= 0.6 is 0 Å². The monoisotopic (exact) mass is 199 g/mol. The molecule has 2 N–H and O–H groups in total. The first kappa shape index (κ1) is 7.98. The highest BCUT2D eigenvalue weighted by Crippen LogP contribution is 2.12. The van der Waals surface area contributed by atoms with Gasteiger partial charge in [0.25, 0.3) is 0 Å². The Bertz CT molecular complexity index is 656. The van der Waals surface area contributed by atoms with Crippen molar-refractivity contribution in [3.63, 3.8) is 0 Å². The summed E-state index contributed by atoms with van der Waals surface area (Å²) in [5.41, 5.74) is 6.22. The molecule has 15 heavy (non-hydrogen) atoms. The molecule has 1 amide bonds. The first-order chi connectivity index (χ1) is 7.25. The smallest absolute Gasteiger partial charge is 0.248 e. The average molecular weight is 199 g/mol. The average Bonchev–Trinajstić information content (AvgIpc) is 2.75. The van der Waals surface area contributed by atoms with Crippen molar-refractivity contribution in [3.8, 4) is 0 Å². The summed E-state index contributed by atoms with van der Waals surface area (Å²) in [5.74, 6) is 0.0188. The molecule has 72 valence electrons. The first-order valence-corrected chi connectivity index (χ1v) is 4.28. The minimum Gasteiger partial charge on any atom is -0.366 e. The van der Waals surface area contributed by atoms with E-state index in [-0.39, 0.29) is 0 Å². The van der Waals surface area contributed by atoms with Crippen molar-refractivity contribution in [2.24, 2.45) is 26.2 Å². The third kappa shape index (κ3) is 1.01. The van der Waals surface area contributed by atoms with Gasteiger partial charge in [-0.3, -0.25) is 4.79 Å². The lowest BCUT2D eigenvalue weighted by Crippen LogP contribution is -2.25. The zero-order chi connectivity index (χ0) is 10.4. The van der Waals surface area contributed by atoms with Crippen LogP contribution in [0.25, 0.3) is 5.70 Å². The van der Waals surface area contributed by atoms with Crippen LogP contribution in [0.4, 0.5) is 0 Å². The topological polar surface area (TPSA) is 92.5 Å². The standard InChI is InChI=1S/C9H5N5O/c10-8(15)4-1-2-6-5(3-4)7-9(11-6)13-14-12-7/h1-3H,(H2,10,15). The van der Waals surface area contributed by atoms with E-state index in [1.165, 1.54) is 0 Å². The summed E-state index contributed by atoms with van der Waals surface area (Å²) in [7, 11) is 0. The van der Waals surface area contributed by atoms with Gasteiger partial charge >= 0.3 is 0 Å². The Morgan fingerprint density at radius 2 is 2.20 bits per heavy atom. The number of amidine groups is 1. The third-order valence-electron chi connectivity index (χ3n) is 2.26. The minimum atomic E-state index is -0.473. The normalized spacial score (nSPS) is 15.7. The Kier molecular flexibility index (Phi) is 1.37. The van der Waals surface area contributed by atoms with Gasteiger partial charge in [-0.05, 0) is 23.4 Å². The zero-order valence-electron chi connectivity index (χ0n) is 7.51. The molecule has 0 atom stereocenters. The second-order valence-corrected chi connectivity index (χ2v) is 3.17. The number of carbonyl (C=O) groups excluding carboxylic acids is 1. The van der Waals surface area contributed by atoms with Gasteiger partial charge in [0.1, 0.15) is 5.70 Å². The molecule has 6 heteroatoms. The highest BCUT2D eigenvalue weighted by Gasteiger charge is 2.18. The van der Waals surface area contributed by atoms with Crippen LogP contribution in [0.3, 0.4) is 0 Å². The van der Waals surface area contributed by atoms with Gasteiger partial charge in [-0.2, -0.15) is 0 Å². The summed E-state index contributed by atoms with van der Waals surface area (Å²) in [4.78, 5) is 15.2. The number of nitrogens with zero attached hydrogens (tertiary/aromatic N) is 4. The molecule has 3 rings (SSSR count). The molecule has 2 aliphatic heterocycles. The van der Waals surface area contributed by atoms with E-state index in [9.17, 15) is 4.79 Å². The van der Waals surface area contributed by atoms with Crippen LogP contribution in [0, 0.1) is 0 Å². The lowest BCUT2D eigenvalue weighted by atomic mass is 10.1. The summed E-state index contributed by atoms with van der Waals surface area (Å²) < 4.78 is 0. The first-order valence-electron chi connectivity index (χ1n) is 4.28. The molecule has 0 aromatic heterocycles. The van der Waals surface area contributed by atoms with Crippen molar-refractivity contribution in [2.45, 2.75) is 0 Å². The Hall–Kier alpha value is -2.37. The van der Waals surface area contributed by atoms with E-state index >= 15 is 0 Å². The molecule has 1 aromatic carbocycles. The number of rotatable bonds is 1. The van der Waals surface area contributed by atoms with Crippen molar-refractivity contribution in [1.29, 1.82) is 0 Å². The van der Waals surface area contributed by atoms with Gasteiger partial charge in [-0.25, -0.2) is 4.99 Å². The molecule has 0 spiro atoms. The van der Waals surface area contributed by atoms with Crippen molar-refractivity contribution >= 4 is 17.4 Å². The van der Waals surface area contributed by atoms with Crippen molar-refractivity contribution < 1.29 is 4.79 Å². The van der Waals surface area contributed by atoms with Crippen LogP contribution in [-0.2, 0) is 0 Å². The molecule has 2 aliphatic rings. The number of carbonyl (C=O) groups is 1. The van der Waals surface area contributed by atoms with E-state index in [1.54, 1.807) is 18.2 Å². The molecular weight excluding hydrogens is 194 g/mol. The molecule has 2 heterocycles. The number of fused-ring (bicyclic) bond motifs is 2. The summed E-state index contributed by atoms with van der Waals surface area (Å²) in [5, 5.41) is 12.6. The maximum absolute atomic E-state index is 11.0. The molecule has 0 radical (unpaired) electrons. The molecular formula is C9H5N5O. The molecule has 1 aromatic rings. The lowest BCUT2D eigenvalue weighted by Gasteiger charge is -1.92. The quantitative estimate of drug-likeness (QED) is 0.636. The van der Waals surface area contributed by atoms with Gasteiger partial charge in [0.15, 0.2) is 0 Å². The summed E-state index contributed by atoms with van der Waals surface area (Å²) in [6, 6.07) is 5.01. The Labute approximate surface area is 83.5 Å². The number of hydrogen-bond donors (Lipinski definition) is 1. The van der Waals surface area contributed by atoms with Crippen molar-refractivity contribution in [3.05, 3.63) is 34.3 Å². The fourth-order valence-corrected chi connectivity index (χ4v) is 1.54. The summed E-state index contributed by atoms with van der Waals surface area (Å²) in [6.07, 6.45) is 0. The van der Waals surface area contributed by atoms with Crippen LogP contribution in [0.1, 0.15) is 10.4 Å². The predicted octanol–water partition coefficient (Wildman–Crippen LogP) is -0.694. The third-order valence-corrected chi connectivity index (χ3v) is 2.26. The van der Waals surface area contributed by atoms with Crippen LogP contribution in [0.5, 0.6) is 0 Å². The SMILES string of the molecule is NC(=O)c1ccc2c(c1)=C1N=NN=C1N=2. The number of amides is 1. The number of benzene rings is 1. The van der Waals surface area contributed by atoms with Gasteiger partial charge in [-0.1, -0.05) is 0 Å². The predicted molar refractivity (Wildman–Crippen MR) is 51.4 cm³/mol. The number of primary amides is 1. The Morgan fingerprint density at radius 1 is 1.33 bits per heavy atom. The molecule has 0 fully saturated rings. The maximum atomic E-state index is 11.0. The second kappa shape index (κ2) is 2.57. The van der Waals surface area contributed by atoms with Gasteiger partial charge in [-0.15, -0.1) is 10.2 Å². The van der Waals surface area contributed by atoms with Crippen LogP contribution < -0.4 is 16.3 Å². The van der Waals surface area contributed by atoms with Gasteiger partial charge in [0.05, 0.1) is 5.36 Å². The number of hydrogen-bond acceptors (Lipinski definition) is 5. The minimum absolute atomic E-state index is 0.430. The second-order valence-electron chi connectivity index (χ2n) is 3.17. The Balaban J connectivity index is 2.40. The maximum Gasteiger partial charge on any atom is 0.248 e. The Morgan fingerprint density at radius 3 is 3.00 bits per heavy atom. The van der Waals surface area contributed by atoms with Gasteiger partial charge in [0.2, 0.25) is 11.7 Å². The molecule has 0 saturated heterocycles. The van der Waals surface area contributed by atoms with E-state index in [4.69, 9.17) is 5.73 Å². The van der Waals surface area contributed by atoms with E-state index in [2.05, 4.69) is 20.4 Å². The largest absolute Gasteiger partial charge is 0.366 e. The molecule has 0 bridgehead atoms. The fraction of sp³-hybridized carbons (Fsp3) is 0. The van der Waals surface area contributed by atoms with E-state index in [1.807, 2.05) is 0 Å². The molecule has 0 aliphatic carbocycles. The number of nitrogens with two attached hydrogens (primary N) is 1.